The van der Waals surface area contributed by atoms with Crippen molar-refractivity contribution in [3.8, 4) is 0 Å². The van der Waals surface area contributed by atoms with Crippen molar-refractivity contribution in [1.82, 2.24) is 15.1 Å². The van der Waals surface area contributed by atoms with Gasteiger partial charge < -0.3 is 4.90 Å². The van der Waals surface area contributed by atoms with Crippen molar-refractivity contribution >= 4 is 45.4 Å². The smallest absolute Gasteiger partial charge is 0.322 e. The maximum absolute atomic E-state index is 11.7. The second-order valence-corrected chi connectivity index (χ2v) is 5.87. The number of hydrogen-bond acceptors (Lipinski definition) is 5. The zero-order chi connectivity index (χ0) is 12.3. The largest absolute Gasteiger partial charge is 0.323 e. The molecule has 0 fully saturated rings. The minimum atomic E-state index is -0.216. The number of nitrogens with zero attached hydrogens (tertiary/aromatic N) is 3. The molecule has 0 atom stereocenters. The number of carbonyl (C=O) groups is 1. The summed E-state index contributed by atoms with van der Waals surface area (Å²) >= 11 is 8.56. The van der Waals surface area contributed by atoms with Gasteiger partial charge in [0.25, 0.3) is 0 Å². The fourth-order valence-electron chi connectivity index (χ4n) is 1.16. The number of anilines is 1. The van der Waals surface area contributed by atoms with E-state index in [0.717, 1.165) is 9.21 Å². The van der Waals surface area contributed by atoms with Crippen LogP contribution in [-0.4, -0.2) is 28.2 Å². The third-order valence-corrected chi connectivity index (χ3v) is 3.77. The fourth-order valence-corrected chi connectivity index (χ4v) is 2.73. The molecule has 1 N–H and O–H groups in total. The molecule has 0 aliphatic carbocycles. The Morgan fingerprint density at radius 1 is 1.59 bits per heavy atom. The lowest BCUT2D eigenvalue weighted by Gasteiger charge is -2.15. The average molecular weight is 289 g/mol. The number of nitrogens with one attached hydrogen (secondary N) is 1. The van der Waals surface area contributed by atoms with Gasteiger partial charge in [-0.05, 0) is 12.1 Å². The third kappa shape index (κ3) is 3.39. The van der Waals surface area contributed by atoms with Gasteiger partial charge in [0, 0.05) is 11.9 Å². The van der Waals surface area contributed by atoms with Gasteiger partial charge >= 0.3 is 6.03 Å². The first kappa shape index (κ1) is 12.3. The highest BCUT2D eigenvalue weighted by Gasteiger charge is 2.11. The molecular weight excluding hydrogens is 280 g/mol. The molecule has 2 rings (SSSR count). The number of urea groups is 1. The highest BCUT2D eigenvalue weighted by atomic mass is 35.5. The number of halogens is 1. The fraction of sp³-hybridized carbons (Fsp3) is 0.222. The Kier molecular flexibility index (Phi) is 3.93. The predicted molar refractivity (Wildman–Crippen MR) is 69.7 cm³/mol. The lowest BCUT2D eigenvalue weighted by atomic mass is 10.4. The molecule has 2 aromatic heterocycles. The number of carbonyl (C=O) groups excluding carboxylic acids is 1. The number of thiophene rings is 1. The van der Waals surface area contributed by atoms with Crippen molar-refractivity contribution in [2.45, 2.75) is 6.54 Å². The third-order valence-electron chi connectivity index (χ3n) is 1.94. The molecule has 0 aliphatic heterocycles. The van der Waals surface area contributed by atoms with Gasteiger partial charge in [-0.25, -0.2) is 4.79 Å². The van der Waals surface area contributed by atoms with E-state index in [1.165, 1.54) is 22.7 Å². The Balaban J connectivity index is 1.91. The van der Waals surface area contributed by atoms with Crippen LogP contribution in [0.25, 0.3) is 0 Å². The van der Waals surface area contributed by atoms with Gasteiger partial charge in [0.2, 0.25) is 5.13 Å². The number of rotatable bonds is 3. The van der Waals surface area contributed by atoms with E-state index < -0.39 is 0 Å². The SMILES string of the molecule is CN(Cc1ccc(Cl)s1)C(=O)Nc1nncs1. The summed E-state index contributed by atoms with van der Waals surface area (Å²) in [4.78, 5) is 14.3. The highest BCUT2D eigenvalue weighted by molar-refractivity contribution is 7.16. The first-order valence-corrected chi connectivity index (χ1v) is 6.75. The molecule has 2 heterocycles. The Morgan fingerprint density at radius 3 is 3.00 bits per heavy atom. The Hall–Kier alpha value is -1.18. The van der Waals surface area contributed by atoms with Crippen molar-refractivity contribution < 1.29 is 4.79 Å². The standard InChI is InChI=1S/C9H9ClN4OS2/c1-14(4-6-2-3-7(10)17-6)9(15)12-8-13-11-5-16-8/h2-3,5H,4H2,1H3,(H,12,13,15). The first-order chi connectivity index (χ1) is 8.15. The zero-order valence-corrected chi connectivity index (χ0v) is 11.3. The topological polar surface area (TPSA) is 58.1 Å². The van der Waals surface area contributed by atoms with E-state index in [1.54, 1.807) is 17.5 Å². The maximum Gasteiger partial charge on any atom is 0.323 e. The molecule has 2 aromatic rings. The summed E-state index contributed by atoms with van der Waals surface area (Å²) in [7, 11) is 1.71. The second kappa shape index (κ2) is 5.44. The van der Waals surface area contributed by atoms with Gasteiger partial charge in [-0.1, -0.05) is 22.9 Å². The van der Waals surface area contributed by atoms with Crippen molar-refractivity contribution in [2.75, 3.05) is 12.4 Å². The van der Waals surface area contributed by atoms with Crippen LogP contribution in [0.1, 0.15) is 4.88 Å². The van der Waals surface area contributed by atoms with Crippen LogP contribution in [0.4, 0.5) is 9.93 Å². The van der Waals surface area contributed by atoms with Crippen LogP contribution in [0.2, 0.25) is 4.34 Å². The van der Waals surface area contributed by atoms with Gasteiger partial charge in [-0.15, -0.1) is 21.5 Å². The summed E-state index contributed by atoms with van der Waals surface area (Å²) in [5.41, 5.74) is 1.56. The number of aromatic nitrogens is 2. The summed E-state index contributed by atoms with van der Waals surface area (Å²) in [6.45, 7) is 0.516. The zero-order valence-electron chi connectivity index (χ0n) is 8.88. The molecule has 0 radical (unpaired) electrons. The van der Waals surface area contributed by atoms with Crippen LogP contribution >= 0.6 is 34.3 Å². The number of amides is 2. The van der Waals surface area contributed by atoms with Crippen molar-refractivity contribution in [1.29, 1.82) is 0 Å². The van der Waals surface area contributed by atoms with Crippen LogP contribution in [0, 0.1) is 0 Å². The van der Waals surface area contributed by atoms with Crippen LogP contribution in [0.5, 0.6) is 0 Å². The van der Waals surface area contributed by atoms with E-state index in [0.29, 0.717) is 11.7 Å². The average Bonchev–Trinajstić information content (AvgIpc) is 2.90. The number of hydrogen-bond donors (Lipinski definition) is 1. The molecular formula is C9H9ClN4OS2. The van der Waals surface area contributed by atoms with Crippen LogP contribution in [-0.2, 0) is 6.54 Å². The molecule has 0 saturated heterocycles. The molecule has 0 unspecified atom stereocenters. The molecule has 0 saturated carbocycles. The van der Waals surface area contributed by atoms with Crippen LogP contribution in [0.15, 0.2) is 17.6 Å². The summed E-state index contributed by atoms with van der Waals surface area (Å²) < 4.78 is 0.720. The van der Waals surface area contributed by atoms with Gasteiger partial charge in [-0.3, -0.25) is 5.32 Å². The molecule has 0 aliphatic rings. The summed E-state index contributed by atoms with van der Waals surface area (Å²) in [6, 6.07) is 3.51. The Morgan fingerprint density at radius 2 is 2.41 bits per heavy atom. The van der Waals surface area contributed by atoms with Crippen molar-refractivity contribution in [3.63, 3.8) is 0 Å². The van der Waals surface area contributed by atoms with Gasteiger partial charge in [0.15, 0.2) is 0 Å². The van der Waals surface area contributed by atoms with Crippen LogP contribution < -0.4 is 5.32 Å². The monoisotopic (exact) mass is 288 g/mol. The molecule has 90 valence electrons. The van der Waals surface area contributed by atoms with Gasteiger partial charge in [-0.2, -0.15) is 0 Å². The predicted octanol–water partition coefficient (Wildman–Crippen LogP) is 2.92. The van der Waals surface area contributed by atoms with E-state index in [9.17, 15) is 4.79 Å². The lowest BCUT2D eigenvalue weighted by molar-refractivity contribution is 0.221. The van der Waals surface area contributed by atoms with Crippen molar-refractivity contribution in [3.05, 3.63) is 26.9 Å². The van der Waals surface area contributed by atoms with Gasteiger partial charge in [0.1, 0.15) is 5.51 Å². The molecule has 8 heteroatoms. The van der Waals surface area contributed by atoms with Gasteiger partial charge in [0.05, 0.1) is 10.9 Å². The minimum Gasteiger partial charge on any atom is -0.322 e. The molecule has 2 amide bonds. The Labute approximate surface area is 111 Å². The van der Waals surface area contributed by atoms with E-state index in [1.807, 2.05) is 12.1 Å². The normalized spacial score (nSPS) is 10.2. The summed E-state index contributed by atoms with van der Waals surface area (Å²) in [5, 5.41) is 10.5. The van der Waals surface area contributed by atoms with Crippen molar-refractivity contribution in [2.24, 2.45) is 0 Å². The molecule has 0 bridgehead atoms. The molecule has 5 nitrogen and oxygen atoms in total. The Bertz CT molecular complexity index is 499. The quantitative estimate of drug-likeness (QED) is 0.945. The maximum atomic E-state index is 11.7. The molecule has 0 aromatic carbocycles. The molecule has 17 heavy (non-hydrogen) atoms. The van der Waals surface area contributed by atoms with E-state index in [-0.39, 0.29) is 6.03 Å². The van der Waals surface area contributed by atoms with E-state index in [2.05, 4.69) is 15.5 Å². The van der Waals surface area contributed by atoms with E-state index >= 15 is 0 Å². The lowest BCUT2D eigenvalue weighted by Crippen LogP contribution is -2.30. The second-order valence-electron chi connectivity index (χ2n) is 3.24. The summed E-state index contributed by atoms with van der Waals surface area (Å²) in [5.74, 6) is 0. The first-order valence-electron chi connectivity index (χ1n) is 4.67. The van der Waals surface area contributed by atoms with E-state index in [4.69, 9.17) is 11.6 Å². The summed E-state index contributed by atoms with van der Waals surface area (Å²) in [6.07, 6.45) is 0. The molecule has 0 spiro atoms. The highest BCUT2D eigenvalue weighted by Crippen LogP contribution is 2.22. The van der Waals surface area contributed by atoms with Crippen LogP contribution in [0.3, 0.4) is 0 Å². The minimum absolute atomic E-state index is 0.216.